The molecular formula is C14H24ClN3. The third-order valence-electron chi connectivity index (χ3n) is 3.59. The average molecular weight is 270 g/mol. The predicted molar refractivity (Wildman–Crippen MR) is 78.4 cm³/mol. The first kappa shape index (κ1) is 15.2. The monoisotopic (exact) mass is 269 g/mol. The summed E-state index contributed by atoms with van der Waals surface area (Å²) in [5.74, 6) is 1.70. The van der Waals surface area contributed by atoms with E-state index < -0.39 is 0 Å². The van der Waals surface area contributed by atoms with Gasteiger partial charge in [0.1, 0.15) is 16.8 Å². The van der Waals surface area contributed by atoms with Gasteiger partial charge in [0.2, 0.25) is 0 Å². The van der Waals surface area contributed by atoms with E-state index in [4.69, 9.17) is 11.6 Å². The van der Waals surface area contributed by atoms with E-state index in [2.05, 4.69) is 43.0 Å². The molecule has 1 aromatic rings. The van der Waals surface area contributed by atoms with Crippen molar-refractivity contribution < 1.29 is 0 Å². The molecule has 0 saturated heterocycles. The highest BCUT2D eigenvalue weighted by Crippen LogP contribution is 2.26. The van der Waals surface area contributed by atoms with Gasteiger partial charge in [-0.05, 0) is 33.1 Å². The van der Waals surface area contributed by atoms with Crippen LogP contribution in [0.3, 0.4) is 0 Å². The van der Waals surface area contributed by atoms with Gasteiger partial charge in [-0.2, -0.15) is 0 Å². The minimum Gasteiger partial charge on any atom is -0.365 e. The molecule has 1 heterocycles. The van der Waals surface area contributed by atoms with E-state index in [1.165, 1.54) is 0 Å². The molecular weight excluding hydrogens is 246 g/mol. The Labute approximate surface area is 115 Å². The summed E-state index contributed by atoms with van der Waals surface area (Å²) in [6.07, 6.45) is 3.99. The van der Waals surface area contributed by atoms with Crippen LogP contribution >= 0.6 is 11.6 Å². The second-order valence-corrected chi connectivity index (χ2v) is 5.41. The lowest BCUT2D eigenvalue weighted by atomic mass is 9.95. The fraction of sp³-hybridized carbons (Fsp3) is 0.714. The summed E-state index contributed by atoms with van der Waals surface area (Å²) >= 11 is 6.18. The lowest BCUT2D eigenvalue weighted by Crippen LogP contribution is -2.34. The van der Waals surface area contributed by atoms with Crippen LogP contribution in [0.25, 0.3) is 0 Å². The van der Waals surface area contributed by atoms with Gasteiger partial charge in [0, 0.05) is 17.5 Å². The minimum absolute atomic E-state index is 0.0614. The number of rotatable bonds is 6. The van der Waals surface area contributed by atoms with Crippen LogP contribution in [0.1, 0.15) is 58.3 Å². The van der Waals surface area contributed by atoms with Gasteiger partial charge < -0.3 is 5.32 Å². The van der Waals surface area contributed by atoms with Gasteiger partial charge >= 0.3 is 0 Å². The number of aryl methyl sites for hydroxylation is 1. The van der Waals surface area contributed by atoms with Gasteiger partial charge in [-0.1, -0.05) is 32.4 Å². The van der Waals surface area contributed by atoms with Crippen LogP contribution in [-0.4, -0.2) is 15.5 Å². The Morgan fingerprint density at radius 2 is 1.78 bits per heavy atom. The largest absolute Gasteiger partial charge is 0.365 e. The molecule has 1 rings (SSSR count). The molecule has 0 radical (unpaired) electrons. The van der Waals surface area contributed by atoms with Crippen LogP contribution in [0.2, 0.25) is 5.15 Å². The highest BCUT2D eigenvalue weighted by molar-refractivity contribution is 6.30. The molecule has 0 unspecified atom stereocenters. The SMILES string of the molecule is CCCc1nc(Cl)c(C)c(NC(C)(CC)CC)n1. The van der Waals surface area contributed by atoms with E-state index in [1.807, 2.05) is 6.92 Å². The molecule has 0 fully saturated rings. The third-order valence-corrected chi connectivity index (χ3v) is 3.96. The average Bonchev–Trinajstić information content (AvgIpc) is 2.35. The maximum absolute atomic E-state index is 6.18. The molecule has 0 atom stereocenters. The summed E-state index contributed by atoms with van der Waals surface area (Å²) in [4.78, 5) is 8.92. The zero-order valence-electron chi connectivity index (χ0n) is 12.1. The first-order chi connectivity index (χ1) is 8.45. The number of nitrogens with zero attached hydrogens (tertiary/aromatic N) is 2. The van der Waals surface area contributed by atoms with E-state index in [-0.39, 0.29) is 5.54 Å². The van der Waals surface area contributed by atoms with Crippen LogP contribution in [0.15, 0.2) is 0 Å². The summed E-state index contributed by atoms with van der Waals surface area (Å²) < 4.78 is 0. The Morgan fingerprint density at radius 1 is 1.17 bits per heavy atom. The molecule has 0 bridgehead atoms. The van der Waals surface area contributed by atoms with Gasteiger partial charge in [0.15, 0.2) is 0 Å². The van der Waals surface area contributed by atoms with Crippen LogP contribution in [-0.2, 0) is 6.42 Å². The van der Waals surface area contributed by atoms with Crippen molar-refractivity contribution in [3.8, 4) is 0 Å². The van der Waals surface area contributed by atoms with Gasteiger partial charge in [-0.25, -0.2) is 9.97 Å². The number of halogens is 1. The molecule has 0 amide bonds. The Balaban J connectivity index is 3.07. The van der Waals surface area contributed by atoms with E-state index in [1.54, 1.807) is 0 Å². The zero-order valence-corrected chi connectivity index (χ0v) is 12.9. The van der Waals surface area contributed by atoms with E-state index in [0.29, 0.717) is 5.15 Å². The highest BCUT2D eigenvalue weighted by atomic mass is 35.5. The molecule has 18 heavy (non-hydrogen) atoms. The fourth-order valence-electron chi connectivity index (χ4n) is 1.70. The molecule has 0 aliphatic heterocycles. The van der Waals surface area contributed by atoms with Crippen molar-refractivity contribution >= 4 is 17.4 Å². The van der Waals surface area contributed by atoms with E-state index in [9.17, 15) is 0 Å². The number of nitrogens with one attached hydrogen (secondary N) is 1. The predicted octanol–water partition coefficient (Wildman–Crippen LogP) is 4.38. The molecule has 0 aromatic carbocycles. The van der Waals surface area contributed by atoms with E-state index >= 15 is 0 Å². The number of hydrogen-bond donors (Lipinski definition) is 1. The Morgan fingerprint density at radius 3 is 2.28 bits per heavy atom. The van der Waals surface area contributed by atoms with Crippen LogP contribution in [0, 0.1) is 6.92 Å². The second kappa shape index (κ2) is 6.37. The van der Waals surface area contributed by atoms with Crippen molar-refractivity contribution in [3.05, 3.63) is 16.5 Å². The van der Waals surface area contributed by atoms with Crippen LogP contribution in [0.5, 0.6) is 0 Å². The topological polar surface area (TPSA) is 37.8 Å². The quantitative estimate of drug-likeness (QED) is 0.779. The van der Waals surface area contributed by atoms with Gasteiger partial charge in [0.25, 0.3) is 0 Å². The first-order valence-electron chi connectivity index (χ1n) is 6.77. The summed E-state index contributed by atoms with van der Waals surface area (Å²) in [5, 5.41) is 4.09. The molecule has 102 valence electrons. The Hall–Kier alpha value is -0.830. The van der Waals surface area contributed by atoms with Gasteiger partial charge in [0.05, 0.1) is 0 Å². The third kappa shape index (κ3) is 3.58. The summed E-state index contributed by atoms with van der Waals surface area (Å²) in [6.45, 7) is 10.7. The molecule has 4 heteroatoms. The van der Waals surface area contributed by atoms with Crippen molar-refractivity contribution in [1.82, 2.24) is 9.97 Å². The number of aromatic nitrogens is 2. The smallest absolute Gasteiger partial charge is 0.137 e. The van der Waals surface area contributed by atoms with Crippen molar-refractivity contribution in [2.75, 3.05) is 5.32 Å². The van der Waals surface area contributed by atoms with Crippen molar-refractivity contribution in [1.29, 1.82) is 0 Å². The van der Waals surface area contributed by atoms with Crippen molar-refractivity contribution in [3.63, 3.8) is 0 Å². The standard InChI is InChI=1S/C14H24ClN3/c1-6-9-11-16-12(15)10(4)13(17-11)18-14(5,7-2)8-3/h6-9H2,1-5H3,(H,16,17,18). The van der Waals surface area contributed by atoms with Gasteiger partial charge in [-0.15, -0.1) is 0 Å². The molecule has 0 spiro atoms. The van der Waals surface area contributed by atoms with E-state index in [0.717, 1.165) is 42.9 Å². The maximum atomic E-state index is 6.18. The summed E-state index contributed by atoms with van der Waals surface area (Å²) in [7, 11) is 0. The van der Waals surface area contributed by atoms with Crippen LogP contribution in [0.4, 0.5) is 5.82 Å². The molecule has 0 aliphatic rings. The summed E-state index contributed by atoms with van der Waals surface area (Å²) in [5.41, 5.74) is 0.996. The van der Waals surface area contributed by atoms with Gasteiger partial charge in [-0.3, -0.25) is 0 Å². The normalized spacial score (nSPS) is 11.7. The molecule has 1 aromatic heterocycles. The lowest BCUT2D eigenvalue weighted by molar-refractivity contribution is 0.476. The minimum atomic E-state index is 0.0614. The van der Waals surface area contributed by atoms with Crippen molar-refractivity contribution in [2.45, 2.75) is 65.8 Å². The highest BCUT2D eigenvalue weighted by Gasteiger charge is 2.21. The number of hydrogen-bond acceptors (Lipinski definition) is 3. The molecule has 0 saturated carbocycles. The summed E-state index contributed by atoms with van der Waals surface area (Å²) in [6, 6.07) is 0. The second-order valence-electron chi connectivity index (χ2n) is 5.05. The Bertz CT molecular complexity index is 400. The zero-order chi connectivity index (χ0) is 13.8. The lowest BCUT2D eigenvalue weighted by Gasteiger charge is -2.29. The van der Waals surface area contributed by atoms with Crippen molar-refractivity contribution in [2.24, 2.45) is 0 Å². The number of anilines is 1. The van der Waals surface area contributed by atoms with Crippen LogP contribution < -0.4 is 5.32 Å². The Kier molecular flexibility index (Phi) is 5.39. The fourth-order valence-corrected chi connectivity index (χ4v) is 1.89. The maximum Gasteiger partial charge on any atom is 0.137 e. The molecule has 0 aliphatic carbocycles. The molecule has 3 nitrogen and oxygen atoms in total. The molecule has 1 N–H and O–H groups in total. The first-order valence-corrected chi connectivity index (χ1v) is 7.14.